The van der Waals surface area contributed by atoms with Crippen LogP contribution >= 0.6 is 0 Å². The van der Waals surface area contributed by atoms with Crippen LogP contribution in [0.3, 0.4) is 0 Å². The number of carbonyl (C=O) groups excluding carboxylic acids is 1. The summed E-state index contributed by atoms with van der Waals surface area (Å²) < 4.78 is 11.0. The summed E-state index contributed by atoms with van der Waals surface area (Å²) in [4.78, 5) is 13.7. The number of benzene rings is 1. The standard InChI is InChI=1S/C20H29NO4/c1-6-18(22)13-21(19(23)25-20(3,4)5)12-16(2)14-24-15-17-10-8-7-9-11-17/h6-11,18,22H,1-2,12-15H2,3-5H3/t18-/m0/s1. The second kappa shape index (κ2) is 10.0. The fourth-order valence-electron chi connectivity index (χ4n) is 2.03. The lowest BCUT2D eigenvalue weighted by Gasteiger charge is -2.28. The van der Waals surface area contributed by atoms with Gasteiger partial charge in [0.1, 0.15) is 5.60 Å². The molecule has 0 unspecified atom stereocenters. The molecule has 0 aromatic heterocycles. The number of hydrogen-bond donors (Lipinski definition) is 1. The van der Waals surface area contributed by atoms with Crippen molar-refractivity contribution in [2.75, 3.05) is 19.7 Å². The molecule has 1 atom stereocenters. The van der Waals surface area contributed by atoms with Gasteiger partial charge in [0.05, 0.1) is 25.9 Å². The van der Waals surface area contributed by atoms with Gasteiger partial charge in [0, 0.05) is 6.54 Å². The van der Waals surface area contributed by atoms with Gasteiger partial charge in [0.25, 0.3) is 0 Å². The predicted octanol–water partition coefficient (Wildman–Crippen LogP) is 3.54. The van der Waals surface area contributed by atoms with Crippen LogP contribution in [0.1, 0.15) is 26.3 Å². The van der Waals surface area contributed by atoms with Crippen LogP contribution < -0.4 is 0 Å². The molecule has 0 aliphatic rings. The molecule has 1 N–H and O–H groups in total. The lowest BCUT2D eigenvalue weighted by Crippen LogP contribution is -2.41. The molecule has 25 heavy (non-hydrogen) atoms. The number of carbonyl (C=O) groups is 1. The van der Waals surface area contributed by atoms with Gasteiger partial charge in [-0.05, 0) is 31.9 Å². The summed E-state index contributed by atoms with van der Waals surface area (Å²) in [7, 11) is 0. The maximum absolute atomic E-state index is 12.3. The normalized spacial score (nSPS) is 12.3. The van der Waals surface area contributed by atoms with Crippen molar-refractivity contribution < 1.29 is 19.4 Å². The molecule has 0 bridgehead atoms. The van der Waals surface area contributed by atoms with Gasteiger partial charge in [-0.2, -0.15) is 0 Å². The van der Waals surface area contributed by atoms with Crippen LogP contribution in [0.2, 0.25) is 0 Å². The SMILES string of the molecule is C=C[C@H](O)CN(CC(=C)COCc1ccccc1)C(=O)OC(C)(C)C. The van der Waals surface area contributed by atoms with Gasteiger partial charge in [-0.25, -0.2) is 4.79 Å². The number of amides is 1. The summed E-state index contributed by atoms with van der Waals surface area (Å²) in [6.07, 6.45) is 0.0506. The molecule has 0 saturated heterocycles. The monoisotopic (exact) mass is 347 g/mol. The molecule has 0 saturated carbocycles. The van der Waals surface area contributed by atoms with Gasteiger partial charge in [-0.1, -0.05) is 43.0 Å². The van der Waals surface area contributed by atoms with Crippen LogP contribution in [0.25, 0.3) is 0 Å². The Kier molecular flexibility index (Phi) is 8.38. The minimum absolute atomic E-state index is 0.0934. The first-order valence-electron chi connectivity index (χ1n) is 8.28. The highest BCUT2D eigenvalue weighted by molar-refractivity contribution is 5.68. The minimum atomic E-state index is -0.828. The number of aliphatic hydroxyl groups is 1. The Morgan fingerprint density at radius 1 is 1.32 bits per heavy atom. The van der Waals surface area contributed by atoms with Crippen molar-refractivity contribution >= 4 is 6.09 Å². The lowest BCUT2D eigenvalue weighted by atomic mass is 10.2. The van der Waals surface area contributed by atoms with E-state index in [1.54, 1.807) is 20.8 Å². The molecule has 1 rings (SSSR count). The second-order valence-electron chi connectivity index (χ2n) is 6.89. The van der Waals surface area contributed by atoms with E-state index in [9.17, 15) is 9.90 Å². The van der Waals surface area contributed by atoms with E-state index in [2.05, 4.69) is 13.2 Å². The summed E-state index contributed by atoms with van der Waals surface area (Å²) in [5, 5.41) is 9.78. The van der Waals surface area contributed by atoms with Gasteiger partial charge in [-0.3, -0.25) is 0 Å². The molecule has 1 amide bonds. The van der Waals surface area contributed by atoms with Crippen molar-refractivity contribution in [2.24, 2.45) is 0 Å². The van der Waals surface area contributed by atoms with Gasteiger partial charge in [0.15, 0.2) is 0 Å². The minimum Gasteiger partial charge on any atom is -0.444 e. The Labute approximate surface area is 150 Å². The zero-order chi connectivity index (χ0) is 18.9. The molecule has 0 spiro atoms. The largest absolute Gasteiger partial charge is 0.444 e. The van der Waals surface area contributed by atoms with Crippen molar-refractivity contribution in [3.63, 3.8) is 0 Å². The van der Waals surface area contributed by atoms with Crippen LogP contribution in [0.15, 0.2) is 55.1 Å². The smallest absolute Gasteiger partial charge is 0.410 e. The molecular formula is C20H29NO4. The highest BCUT2D eigenvalue weighted by Crippen LogP contribution is 2.12. The second-order valence-corrected chi connectivity index (χ2v) is 6.89. The number of nitrogens with zero attached hydrogens (tertiary/aromatic N) is 1. The van der Waals surface area contributed by atoms with E-state index < -0.39 is 17.8 Å². The van der Waals surface area contributed by atoms with E-state index in [1.165, 1.54) is 11.0 Å². The van der Waals surface area contributed by atoms with Crippen molar-refractivity contribution in [2.45, 2.75) is 39.1 Å². The van der Waals surface area contributed by atoms with E-state index in [-0.39, 0.29) is 13.1 Å². The molecule has 5 heteroatoms. The van der Waals surface area contributed by atoms with Crippen LogP contribution in [-0.4, -0.2) is 47.5 Å². The topological polar surface area (TPSA) is 59.0 Å². The van der Waals surface area contributed by atoms with E-state index in [4.69, 9.17) is 9.47 Å². The number of aliphatic hydroxyl groups excluding tert-OH is 1. The third-order valence-electron chi connectivity index (χ3n) is 3.16. The van der Waals surface area contributed by atoms with Crippen LogP contribution in [0.5, 0.6) is 0 Å². The Morgan fingerprint density at radius 2 is 1.96 bits per heavy atom. The lowest BCUT2D eigenvalue weighted by molar-refractivity contribution is 0.0192. The molecule has 1 aromatic rings. The first-order chi connectivity index (χ1) is 11.7. The van der Waals surface area contributed by atoms with Gasteiger partial charge >= 0.3 is 6.09 Å². The number of hydrogen-bond acceptors (Lipinski definition) is 4. The Hall–Kier alpha value is -2.11. The predicted molar refractivity (Wildman–Crippen MR) is 99.2 cm³/mol. The van der Waals surface area contributed by atoms with E-state index >= 15 is 0 Å². The molecule has 1 aromatic carbocycles. The Morgan fingerprint density at radius 3 is 2.52 bits per heavy atom. The van der Waals surface area contributed by atoms with Crippen LogP contribution in [0, 0.1) is 0 Å². The fraction of sp³-hybridized carbons (Fsp3) is 0.450. The molecular weight excluding hydrogens is 318 g/mol. The summed E-state index contributed by atoms with van der Waals surface area (Å²) in [6.45, 7) is 14.0. The highest BCUT2D eigenvalue weighted by atomic mass is 16.6. The molecule has 138 valence electrons. The third kappa shape index (κ3) is 9.08. The van der Waals surface area contributed by atoms with E-state index in [1.807, 2.05) is 30.3 Å². The molecule has 5 nitrogen and oxygen atoms in total. The average Bonchev–Trinajstić information content (AvgIpc) is 2.53. The molecule has 0 radical (unpaired) electrons. The summed E-state index contributed by atoms with van der Waals surface area (Å²) >= 11 is 0. The molecule has 0 aliphatic carbocycles. The first kappa shape index (κ1) is 20.9. The molecule has 0 heterocycles. The molecule has 0 aliphatic heterocycles. The van der Waals surface area contributed by atoms with Crippen molar-refractivity contribution in [1.82, 2.24) is 4.90 Å². The van der Waals surface area contributed by atoms with E-state index in [0.29, 0.717) is 13.2 Å². The average molecular weight is 347 g/mol. The van der Waals surface area contributed by atoms with Crippen LogP contribution in [0.4, 0.5) is 4.79 Å². The zero-order valence-electron chi connectivity index (χ0n) is 15.4. The van der Waals surface area contributed by atoms with Gasteiger partial charge in [0.2, 0.25) is 0 Å². The Balaban J connectivity index is 2.55. The Bertz CT molecular complexity index is 563. The third-order valence-corrected chi connectivity index (χ3v) is 3.16. The summed E-state index contributed by atoms with van der Waals surface area (Å²) in [6, 6.07) is 9.82. The van der Waals surface area contributed by atoms with Crippen molar-refractivity contribution in [3.05, 3.63) is 60.7 Å². The quantitative estimate of drug-likeness (QED) is 0.694. The number of rotatable bonds is 9. The molecule has 0 fully saturated rings. The van der Waals surface area contributed by atoms with E-state index in [0.717, 1.165) is 11.1 Å². The maximum Gasteiger partial charge on any atom is 0.410 e. The summed E-state index contributed by atoms with van der Waals surface area (Å²) in [5.41, 5.74) is 1.18. The number of ether oxygens (including phenoxy) is 2. The van der Waals surface area contributed by atoms with Crippen LogP contribution in [-0.2, 0) is 16.1 Å². The summed E-state index contributed by atoms with van der Waals surface area (Å²) in [5.74, 6) is 0. The zero-order valence-corrected chi connectivity index (χ0v) is 15.4. The van der Waals surface area contributed by atoms with Gasteiger partial charge in [-0.15, -0.1) is 6.58 Å². The van der Waals surface area contributed by atoms with Crippen molar-refractivity contribution in [1.29, 1.82) is 0 Å². The maximum atomic E-state index is 12.3. The van der Waals surface area contributed by atoms with Gasteiger partial charge < -0.3 is 19.5 Å². The first-order valence-corrected chi connectivity index (χ1v) is 8.28. The fourth-order valence-corrected chi connectivity index (χ4v) is 2.03. The van der Waals surface area contributed by atoms with Crippen molar-refractivity contribution in [3.8, 4) is 0 Å². The highest BCUT2D eigenvalue weighted by Gasteiger charge is 2.23.